The first kappa shape index (κ1) is 20.5. The predicted octanol–water partition coefficient (Wildman–Crippen LogP) is 7.41. The van der Waals surface area contributed by atoms with Crippen LogP contribution in [0, 0.1) is 23.7 Å². The van der Waals surface area contributed by atoms with Gasteiger partial charge in [-0.3, -0.25) is 0 Å². The van der Waals surface area contributed by atoms with Crippen LogP contribution in [0.3, 0.4) is 0 Å². The maximum absolute atomic E-state index is 2.45. The molecule has 0 aromatic carbocycles. The van der Waals surface area contributed by atoms with Gasteiger partial charge in [0.15, 0.2) is 0 Å². The second kappa shape index (κ2) is 11.1. The number of hydrogen-bond acceptors (Lipinski definition) is 0. The van der Waals surface area contributed by atoms with Crippen molar-refractivity contribution in [1.29, 1.82) is 0 Å². The Labute approximate surface area is 135 Å². The molecule has 0 rings (SSSR count). The molecule has 4 atom stereocenters. The molecule has 0 N–H and O–H groups in total. The molecule has 0 aromatic rings. The summed E-state index contributed by atoms with van der Waals surface area (Å²) in [5.41, 5.74) is 2.91. The van der Waals surface area contributed by atoms with E-state index in [9.17, 15) is 0 Å². The van der Waals surface area contributed by atoms with E-state index < -0.39 is 0 Å². The highest BCUT2D eigenvalue weighted by atomic mass is 14.2. The average molecular weight is 293 g/mol. The third-order valence-electron chi connectivity index (χ3n) is 5.30. The first-order chi connectivity index (χ1) is 9.77. The third-order valence-corrected chi connectivity index (χ3v) is 5.30. The van der Waals surface area contributed by atoms with Crippen LogP contribution in [-0.2, 0) is 0 Å². The molecule has 0 aromatic heterocycles. The van der Waals surface area contributed by atoms with E-state index in [0.29, 0.717) is 5.92 Å². The van der Waals surface area contributed by atoms with Gasteiger partial charge in [-0.15, -0.1) is 0 Å². The molecule has 0 radical (unpaired) electrons. The monoisotopic (exact) mass is 292 g/mol. The quantitative estimate of drug-likeness (QED) is 0.368. The Kier molecular flexibility index (Phi) is 10.8. The maximum atomic E-state index is 2.45. The lowest BCUT2D eigenvalue weighted by Gasteiger charge is -2.23. The molecule has 21 heavy (non-hydrogen) atoms. The standard InChI is InChI=1S/C21H40/c1-9-17(4)11-13-19(6)21(8)15-14-20(7)18(5)12-10-16(2)3/h10,12,17,19-21H,9,11,13-15H2,1-8H3/b18-12+. The van der Waals surface area contributed by atoms with Crippen LogP contribution in [0.4, 0.5) is 0 Å². The van der Waals surface area contributed by atoms with E-state index in [1.54, 1.807) is 0 Å². The van der Waals surface area contributed by atoms with Crippen molar-refractivity contribution in [1.82, 2.24) is 0 Å². The van der Waals surface area contributed by atoms with Gasteiger partial charge in [0, 0.05) is 0 Å². The zero-order chi connectivity index (χ0) is 16.4. The summed E-state index contributed by atoms with van der Waals surface area (Å²) in [6.45, 7) is 18.6. The van der Waals surface area contributed by atoms with Gasteiger partial charge < -0.3 is 0 Å². The summed E-state index contributed by atoms with van der Waals surface area (Å²) in [5.74, 6) is 3.33. The second-order valence-electron chi connectivity index (χ2n) is 7.68. The van der Waals surface area contributed by atoms with E-state index in [-0.39, 0.29) is 0 Å². The van der Waals surface area contributed by atoms with Gasteiger partial charge in [-0.05, 0) is 57.3 Å². The van der Waals surface area contributed by atoms with Gasteiger partial charge >= 0.3 is 0 Å². The van der Waals surface area contributed by atoms with E-state index in [1.165, 1.54) is 43.3 Å². The minimum atomic E-state index is 0.713. The van der Waals surface area contributed by atoms with Crippen molar-refractivity contribution >= 4 is 0 Å². The highest BCUT2D eigenvalue weighted by molar-refractivity contribution is 5.15. The van der Waals surface area contributed by atoms with Crippen LogP contribution in [0.2, 0.25) is 0 Å². The zero-order valence-corrected chi connectivity index (χ0v) is 16.0. The third kappa shape index (κ3) is 9.93. The minimum absolute atomic E-state index is 0.713. The Bertz CT molecular complexity index is 317. The van der Waals surface area contributed by atoms with Gasteiger partial charge in [-0.1, -0.05) is 77.2 Å². The first-order valence-corrected chi connectivity index (χ1v) is 9.09. The Morgan fingerprint density at radius 3 is 1.76 bits per heavy atom. The van der Waals surface area contributed by atoms with Crippen molar-refractivity contribution in [3.63, 3.8) is 0 Å². The summed E-state index contributed by atoms with van der Waals surface area (Å²) in [4.78, 5) is 0. The normalized spacial score (nSPS) is 18.0. The molecule has 0 aliphatic carbocycles. The van der Waals surface area contributed by atoms with Gasteiger partial charge in [0.25, 0.3) is 0 Å². The molecule has 4 unspecified atom stereocenters. The second-order valence-corrected chi connectivity index (χ2v) is 7.68. The highest BCUT2D eigenvalue weighted by Crippen LogP contribution is 2.27. The SMILES string of the molecule is CCC(C)CCC(C)C(C)CCC(C)/C(C)=C/C=C(C)C. The molecular formula is C21H40. The van der Waals surface area contributed by atoms with Crippen LogP contribution < -0.4 is 0 Å². The highest BCUT2D eigenvalue weighted by Gasteiger charge is 2.15. The zero-order valence-electron chi connectivity index (χ0n) is 16.0. The number of allylic oxidation sites excluding steroid dienone is 4. The van der Waals surface area contributed by atoms with Crippen LogP contribution in [0.25, 0.3) is 0 Å². The van der Waals surface area contributed by atoms with E-state index in [1.807, 2.05) is 0 Å². The Morgan fingerprint density at radius 1 is 0.762 bits per heavy atom. The largest absolute Gasteiger partial charge is 0.0764 e. The molecule has 0 nitrogen and oxygen atoms in total. The van der Waals surface area contributed by atoms with E-state index in [4.69, 9.17) is 0 Å². The lowest BCUT2D eigenvalue weighted by Crippen LogP contribution is -2.11. The van der Waals surface area contributed by atoms with Crippen LogP contribution >= 0.6 is 0 Å². The predicted molar refractivity (Wildman–Crippen MR) is 98.6 cm³/mol. The van der Waals surface area contributed by atoms with Crippen LogP contribution in [0.1, 0.15) is 87.5 Å². The Balaban J connectivity index is 4.13. The van der Waals surface area contributed by atoms with E-state index >= 15 is 0 Å². The molecule has 124 valence electrons. The molecule has 0 saturated heterocycles. The van der Waals surface area contributed by atoms with Crippen LogP contribution in [0.15, 0.2) is 23.3 Å². The van der Waals surface area contributed by atoms with Crippen LogP contribution in [0.5, 0.6) is 0 Å². The average Bonchev–Trinajstić information content (AvgIpc) is 2.46. The lowest BCUT2D eigenvalue weighted by molar-refractivity contribution is 0.300. The molecule has 0 heteroatoms. The van der Waals surface area contributed by atoms with Crippen molar-refractivity contribution in [2.75, 3.05) is 0 Å². The van der Waals surface area contributed by atoms with Gasteiger partial charge in [0.2, 0.25) is 0 Å². The first-order valence-electron chi connectivity index (χ1n) is 9.09. The summed E-state index contributed by atoms with van der Waals surface area (Å²) in [6, 6.07) is 0. The van der Waals surface area contributed by atoms with E-state index in [2.05, 4.69) is 67.5 Å². The molecule has 0 heterocycles. The molecule has 0 bridgehead atoms. The fraction of sp³-hybridized carbons (Fsp3) is 0.810. The summed E-state index contributed by atoms with van der Waals surface area (Å²) >= 11 is 0. The van der Waals surface area contributed by atoms with Crippen molar-refractivity contribution in [2.45, 2.75) is 87.5 Å². The lowest BCUT2D eigenvalue weighted by atomic mass is 9.83. The van der Waals surface area contributed by atoms with Crippen LogP contribution in [-0.4, -0.2) is 0 Å². The fourth-order valence-electron chi connectivity index (χ4n) is 2.52. The Hall–Kier alpha value is -0.520. The van der Waals surface area contributed by atoms with Gasteiger partial charge in [0.05, 0.1) is 0 Å². The molecular weight excluding hydrogens is 252 g/mol. The molecule has 0 fully saturated rings. The van der Waals surface area contributed by atoms with Gasteiger partial charge in [-0.25, -0.2) is 0 Å². The van der Waals surface area contributed by atoms with Crippen molar-refractivity contribution in [2.24, 2.45) is 23.7 Å². The van der Waals surface area contributed by atoms with Gasteiger partial charge in [0.1, 0.15) is 0 Å². The van der Waals surface area contributed by atoms with Crippen molar-refractivity contribution in [3.8, 4) is 0 Å². The summed E-state index contributed by atoms with van der Waals surface area (Å²) in [7, 11) is 0. The van der Waals surface area contributed by atoms with E-state index in [0.717, 1.165) is 17.8 Å². The maximum Gasteiger partial charge on any atom is -0.0231 e. The van der Waals surface area contributed by atoms with Crippen molar-refractivity contribution < 1.29 is 0 Å². The summed E-state index contributed by atoms with van der Waals surface area (Å²) in [5, 5.41) is 0. The topological polar surface area (TPSA) is 0 Å². The molecule has 0 aliphatic heterocycles. The minimum Gasteiger partial charge on any atom is -0.0764 e. The molecule has 0 spiro atoms. The summed E-state index contributed by atoms with van der Waals surface area (Å²) in [6.07, 6.45) is 11.4. The van der Waals surface area contributed by atoms with Gasteiger partial charge in [-0.2, -0.15) is 0 Å². The molecule has 0 amide bonds. The molecule has 0 saturated carbocycles. The van der Waals surface area contributed by atoms with Crippen molar-refractivity contribution in [3.05, 3.63) is 23.3 Å². The smallest absolute Gasteiger partial charge is 0.0231 e. The fourth-order valence-corrected chi connectivity index (χ4v) is 2.52. The Morgan fingerprint density at radius 2 is 1.29 bits per heavy atom. The number of hydrogen-bond donors (Lipinski definition) is 0. The number of rotatable bonds is 10. The summed E-state index contributed by atoms with van der Waals surface area (Å²) < 4.78 is 0. The molecule has 0 aliphatic rings.